The van der Waals surface area contributed by atoms with Crippen LogP contribution in [0.5, 0.6) is 0 Å². The highest BCUT2D eigenvalue weighted by molar-refractivity contribution is 5.99. The summed E-state index contributed by atoms with van der Waals surface area (Å²) in [7, 11) is 5.26. The number of methoxy groups -OCH3 is 1. The molecule has 0 unspecified atom stereocenters. The van der Waals surface area contributed by atoms with Gasteiger partial charge in [-0.2, -0.15) is 8.78 Å². The molecule has 3 heterocycles. The van der Waals surface area contributed by atoms with Gasteiger partial charge < -0.3 is 29.7 Å². The molecule has 4 fully saturated rings. The number of halogens is 3. The molecule has 3 aliphatic heterocycles. The predicted molar refractivity (Wildman–Crippen MR) is 224 cm³/mol. The summed E-state index contributed by atoms with van der Waals surface area (Å²) in [4.78, 5) is 34.2. The Balaban J connectivity index is 0.961. The van der Waals surface area contributed by atoms with Gasteiger partial charge in [-0.05, 0) is 132 Å². The highest BCUT2D eigenvalue weighted by atomic mass is 19.3. The average molecular weight is 800 g/mol. The maximum Gasteiger partial charge on any atom is 0.305 e. The number of hydrogen-bond acceptors (Lipinski definition) is 7. The van der Waals surface area contributed by atoms with Gasteiger partial charge in [-0.3, -0.25) is 9.59 Å². The molecule has 0 radical (unpaired) electrons. The monoisotopic (exact) mass is 799 g/mol. The standard InChI is InChI=1S/C47H60F3N5O3/c1-52(2)22-7-15-44(56)51-41-13-6-11-39(29-41)47(49,50)37-16-18-42(19-17-37)55-31-34(32-55)30-53-25-20-36(21-26-53)46(33-54-23-8-24-54,38-10-5-12-40(48)28-38)43-14-4-9-35(43)27-45(57)58-3/h5-7,10-13,15-19,28-29,34-36,43H,4,8-9,14,20-27,30-33H2,1-3H3,(H,51,56)/b15-7+/t35-,43+,46+/m1/s1. The maximum atomic E-state index is 15.7. The summed E-state index contributed by atoms with van der Waals surface area (Å²) in [6, 6.07) is 19.8. The van der Waals surface area contributed by atoms with Crippen LogP contribution in [0.3, 0.4) is 0 Å². The van der Waals surface area contributed by atoms with Gasteiger partial charge in [0.1, 0.15) is 5.82 Å². The van der Waals surface area contributed by atoms with E-state index in [9.17, 15) is 9.59 Å². The van der Waals surface area contributed by atoms with Gasteiger partial charge in [0.05, 0.1) is 7.11 Å². The van der Waals surface area contributed by atoms with Crippen molar-refractivity contribution >= 4 is 23.3 Å². The number of amides is 1. The molecule has 3 atom stereocenters. The molecule has 0 aromatic heterocycles. The molecule has 1 amide bonds. The van der Waals surface area contributed by atoms with E-state index in [4.69, 9.17) is 4.74 Å². The Bertz CT molecular complexity index is 1890. The lowest BCUT2D eigenvalue weighted by molar-refractivity contribution is -0.142. The van der Waals surface area contributed by atoms with Crippen LogP contribution in [-0.2, 0) is 25.7 Å². The number of rotatable bonds is 16. The second kappa shape index (κ2) is 18.4. The lowest BCUT2D eigenvalue weighted by Gasteiger charge is -2.54. The van der Waals surface area contributed by atoms with Crippen LogP contribution < -0.4 is 10.2 Å². The zero-order valence-corrected chi connectivity index (χ0v) is 34.4. The molecule has 3 aromatic rings. The second-order valence-electron chi connectivity index (χ2n) is 17.5. The van der Waals surface area contributed by atoms with Crippen LogP contribution in [0.15, 0.2) is 84.9 Å². The average Bonchev–Trinajstić information content (AvgIpc) is 3.64. The van der Waals surface area contributed by atoms with E-state index < -0.39 is 5.92 Å². The van der Waals surface area contributed by atoms with Crippen molar-refractivity contribution in [2.75, 3.05) is 90.3 Å². The van der Waals surface area contributed by atoms with Crippen molar-refractivity contribution in [3.05, 3.63) is 107 Å². The number of likely N-dealkylation sites (tertiary alicyclic amines) is 2. The molecule has 7 rings (SSSR count). The molecular formula is C47H60F3N5O3. The summed E-state index contributed by atoms with van der Waals surface area (Å²) in [5.74, 6) is -2.57. The fourth-order valence-electron chi connectivity index (χ4n) is 10.3. The topological polar surface area (TPSA) is 68.4 Å². The molecule has 1 N–H and O–H groups in total. The van der Waals surface area contributed by atoms with Crippen molar-refractivity contribution in [2.45, 2.75) is 56.3 Å². The number of nitrogens with zero attached hydrogens (tertiary/aromatic N) is 4. The maximum absolute atomic E-state index is 15.7. The van der Waals surface area contributed by atoms with Crippen LogP contribution in [0.2, 0.25) is 0 Å². The van der Waals surface area contributed by atoms with Gasteiger partial charge in [-0.25, -0.2) is 4.39 Å². The van der Waals surface area contributed by atoms with E-state index in [1.807, 2.05) is 25.1 Å². The largest absolute Gasteiger partial charge is 0.469 e. The molecule has 0 spiro atoms. The predicted octanol–water partition coefficient (Wildman–Crippen LogP) is 7.79. The first-order valence-electron chi connectivity index (χ1n) is 21.2. The van der Waals surface area contributed by atoms with Crippen molar-refractivity contribution in [1.29, 1.82) is 0 Å². The van der Waals surface area contributed by atoms with Crippen molar-refractivity contribution in [1.82, 2.24) is 14.7 Å². The first-order chi connectivity index (χ1) is 27.9. The Morgan fingerprint density at radius 2 is 1.59 bits per heavy atom. The van der Waals surface area contributed by atoms with Gasteiger partial charge in [0, 0.05) is 79.1 Å². The minimum absolute atomic E-state index is 0.0943. The minimum Gasteiger partial charge on any atom is -0.469 e. The first kappa shape index (κ1) is 42.0. The third kappa shape index (κ3) is 9.48. The van der Waals surface area contributed by atoms with E-state index in [2.05, 4.69) is 26.1 Å². The molecule has 11 heteroatoms. The van der Waals surface area contributed by atoms with Crippen molar-refractivity contribution in [2.24, 2.45) is 23.7 Å². The summed E-state index contributed by atoms with van der Waals surface area (Å²) >= 11 is 0. The van der Waals surface area contributed by atoms with Gasteiger partial charge >= 0.3 is 5.97 Å². The van der Waals surface area contributed by atoms with E-state index in [1.54, 1.807) is 36.4 Å². The number of hydrogen-bond donors (Lipinski definition) is 1. The number of likely N-dealkylation sites (N-methyl/N-ethyl adjacent to an activating group) is 1. The summed E-state index contributed by atoms with van der Waals surface area (Å²) in [5.41, 5.74) is 1.84. The number of anilines is 2. The number of ether oxygens (including phenoxy) is 1. The molecule has 3 aromatic carbocycles. The fourth-order valence-corrected chi connectivity index (χ4v) is 10.3. The third-order valence-corrected chi connectivity index (χ3v) is 13.4. The smallest absolute Gasteiger partial charge is 0.305 e. The number of carbonyl (C=O) groups is 2. The molecule has 3 saturated heterocycles. The Labute approximate surface area is 342 Å². The van der Waals surface area contributed by atoms with Crippen molar-refractivity contribution in [3.8, 4) is 0 Å². The van der Waals surface area contributed by atoms with Crippen LogP contribution in [0.4, 0.5) is 24.5 Å². The van der Waals surface area contributed by atoms with E-state index in [0.29, 0.717) is 30.5 Å². The van der Waals surface area contributed by atoms with Gasteiger partial charge in [0.15, 0.2) is 0 Å². The normalized spacial score (nSPS) is 22.2. The number of alkyl halides is 2. The van der Waals surface area contributed by atoms with Gasteiger partial charge in [0.2, 0.25) is 5.91 Å². The molecule has 58 heavy (non-hydrogen) atoms. The first-order valence-corrected chi connectivity index (χ1v) is 21.2. The quantitative estimate of drug-likeness (QED) is 0.117. The fraction of sp³-hybridized carbons (Fsp3) is 0.532. The number of piperidine rings is 1. The summed E-state index contributed by atoms with van der Waals surface area (Å²) in [5, 5.41) is 2.68. The summed E-state index contributed by atoms with van der Waals surface area (Å²) < 4.78 is 51.7. The van der Waals surface area contributed by atoms with Gasteiger partial charge in [0.25, 0.3) is 5.92 Å². The summed E-state index contributed by atoms with van der Waals surface area (Å²) in [6.07, 6.45) is 9.93. The Hall–Kier alpha value is -4.19. The lowest BCUT2D eigenvalue weighted by atomic mass is 9.56. The molecule has 4 aliphatic rings. The lowest BCUT2D eigenvalue weighted by Crippen LogP contribution is -2.58. The van der Waals surface area contributed by atoms with Crippen molar-refractivity contribution in [3.63, 3.8) is 0 Å². The van der Waals surface area contributed by atoms with Crippen LogP contribution in [0.1, 0.15) is 61.6 Å². The van der Waals surface area contributed by atoms with E-state index >= 15 is 13.2 Å². The van der Waals surface area contributed by atoms with Crippen LogP contribution >= 0.6 is 0 Å². The highest BCUT2D eigenvalue weighted by Gasteiger charge is 2.53. The van der Waals surface area contributed by atoms with Crippen LogP contribution in [0.25, 0.3) is 0 Å². The number of benzene rings is 3. The Morgan fingerprint density at radius 1 is 0.862 bits per heavy atom. The Morgan fingerprint density at radius 3 is 2.26 bits per heavy atom. The van der Waals surface area contributed by atoms with Crippen LogP contribution in [0, 0.1) is 29.5 Å². The zero-order valence-electron chi connectivity index (χ0n) is 34.4. The summed E-state index contributed by atoms with van der Waals surface area (Å²) in [6.45, 7) is 8.35. The number of nitrogens with one attached hydrogen (secondary N) is 1. The van der Waals surface area contributed by atoms with Gasteiger partial charge in [-0.15, -0.1) is 0 Å². The minimum atomic E-state index is -3.23. The second-order valence-corrected chi connectivity index (χ2v) is 17.5. The third-order valence-electron chi connectivity index (χ3n) is 13.4. The van der Waals surface area contributed by atoms with E-state index in [0.717, 1.165) is 95.7 Å². The number of esters is 1. The molecule has 312 valence electrons. The zero-order chi connectivity index (χ0) is 40.9. The van der Waals surface area contributed by atoms with E-state index in [1.165, 1.54) is 49.9 Å². The number of carbonyl (C=O) groups excluding carboxylic acids is 2. The highest BCUT2D eigenvalue weighted by Crippen LogP contribution is 2.54. The van der Waals surface area contributed by atoms with Crippen molar-refractivity contribution < 1.29 is 27.5 Å². The SMILES string of the molecule is COC(=O)C[C@H]1CCC[C@@H]1[C@](CN1CCC1)(c1cccc(F)c1)C1CCN(CC2CN(c3ccc(C(F)(F)c4cccc(NC(=O)/C=C/CN(C)C)c4)cc3)C2)CC1. The Kier molecular flexibility index (Phi) is 13.3. The molecular weight excluding hydrogens is 740 g/mol. The molecule has 8 nitrogen and oxygen atoms in total. The molecule has 1 aliphatic carbocycles. The molecule has 0 bridgehead atoms. The van der Waals surface area contributed by atoms with Gasteiger partial charge in [-0.1, -0.05) is 48.9 Å². The van der Waals surface area contributed by atoms with E-state index in [-0.39, 0.29) is 46.1 Å². The van der Waals surface area contributed by atoms with Crippen LogP contribution in [-0.4, -0.2) is 107 Å². The molecule has 1 saturated carbocycles.